The van der Waals surface area contributed by atoms with Crippen LogP contribution >= 0.6 is 0 Å². The molecule has 0 fully saturated rings. The van der Waals surface area contributed by atoms with Gasteiger partial charge in [0.15, 0.2) is 0 Å². The number of fused-ring (bicyclic) bond motifs is 1. The van der Waals surface area contributed by atoms with Gasteiger partial charge in [0, 0.05) is 18.0 Å². The number of aromatic nitrogens is 3. The number of carbonyl (C=O) groups is 1. The number of benzene rings is 1. The third-order valence-corrected chi connectivity index (χ3v) is 4.34. The summed E-state index contributed by atoms with van der Waals surface area (Å²) in [6.07, 6.45) is 4.75. The lowest BCUT2D eigenvalue weighted by molar-refractivity contribution is -0.121. The van der Waals surface area contributed by atoms with Crippen molar-refractivity contribution in [3.63, 3.8) is 0 Å². The summed E-state index contributed by atoms with van der Waals surface area (Å²) in [5, 5.41) is 7.16. The Labute approximate surface area is 160 Å². The molecule has 4 rings (SSSR count). The van der Waals surface area contributed by atoms with E-state index in [1.54, 1.807) is 44.0 Å². The fourth-order valence-corrected chi connectivity index (χ4v) is 2.86. The number of furan rings is 1. The zero-order valence-corrected chi connectivity index (χ0v) is 15.2. The first-order valence-corrected chi connectivity index (χ1v) is 8.66. The minimum Gasteiger partial charge on any atom is -0.497 e. The number of nitrogens with zero attached hydrogens (tertiary/aromatic N) is 3. The first kappa shape index (κ1) is 17.6. The van der Waals surface area contributed by atoms with E-state index in [2.05, 4.69) is 10.4 Å². The number of methoxy groups -OCH3 is 1. The summed E-state index contributed by atoms with van der Waals surface area (Å²) in [5.41, 5.74) is 1.64. The molecule has 1 aromatic carbocycles. The highest BCUT2D eigenvalue weighted by atomic mass is 16.5. The van der Waals surface area contributed by atoms with Crippen molar-refractivity contribution < 1.29 is 13.9 Å². The predicted octanol–water partition coefficient (Wildman–Crippen LogP) is 2.08. The Morgan fingerprint density at radius 3 is 2.75 bits per heavy atom. The van der Waals surface area contributed by atoms with E-state index in [1.165, 1.54) is 9.08 Å². The van der Waals surface area contributed by atoms with Crippen LogP contribution in [0.4, 0.5) is 0 Å². The molecule has 142 valence electrons. The van der Waals surface area contributed by atoms with Crippen molar-refractivity contribution in [2.24, 2.45) is 0 Å². The topological polar surface area (TPSA) is 90.8 Å². The normalized spacial score (nSPS) is 10.9. The summed E-state index contributed by atoms with van der Waals surface area (Å²) in [5.74, 6) is 1.12. The average molecular weight is 378 g/mol. The Kier molecular flexibility index (Phi) is 4.67. The third kappa shape index (κ3) is 3.52. The highest BCUT2D eigenvalue weighted by Crippen LogP contribution is 2.21. The van der Waals surface area contributed by atoms with Gasteiger partial charge in [-0.15, -0.1) is 0 Å². The Bertz CT molecular complexity index is 1160. The zero-order chi connectivity index (χ0) is 19.5. The third-order valence-electron chi connectivity index (χ3n) is 4.34. The number of hydrogen-bond acceptors (Lipinski definition) is 5. The highest BCUT2D eigenvalue weighted by molar-refractivity contribution is 5.75. The molecule has 3 heterocycles. The molecule has 0 saturated carbocycles. The van der Waals surface area contributed by atoms with Crippen LogP contribution in [-0.2, 0) is 17.9 Å². The van der Waals surface area contributed by atoms with E-state index in [1.807, 2.05) is 24.3 Å². The molecule has 0 bridgehead atoms. The van der Waals surface area contributed by atoms with E-state index in [9.17, 15) is 9.59 Å². The summed E-state index contributed by atoms with van der Waals surface area (Å²) in [6, 6.07) is 12.7. The number of ether oxygens (including phenoxy) is 1. The molecule has 0 radical (unpaired) electrons. The SMILES string of the molecule is COc1ccc(-c2cc3c(=O)n(CC(=O)NCc4ccco4)ccn3n2)cc1. The summed E-state index contributed by atoms with van der Waals surface area (Å²) in [6.45, 7) is 0.191. The van der Waals surface area contributed by atoms with Crippen LogP contribution in [-0.4, -0.2) is 27.2 Å². The quantitative estimate of drug-likeness (QED) is 0.555. The Morgan fingerprint density at radius 2 is 2.04 bits per heavy atom. The Balaban J connectivity index is 1.54. The van der Waals surface area contributed by atoms with Crippen molar-refractivity contribution in [1.82, 2.24) is 19.5 Å². The van der Waals surface area contributed by atoms with Crippen molar-refractivity contribution >= 4 is 11.4 Å². The van der Waals surface area contributed by atoms with Crippen molar-refractivity contribution in [2.75, 3.05) is 7.11 Å². The van der Waals surface area contributed by atoms with Gasteiger partial charge in [0.25, 0.3) is 5.56 Å². The van der Waals surface area contributed by atoms with Crippen LogP contribution in [0, 0.1) is 0 Å². The second-order valence-electron chi connectivity index (χ2n) is 6.18. The van der Waals surface area contributed by atoms with E-state index in [-0.39, 0.29) is 24.6 Å². The number of hydrogen-bond donors (Lipinski definition) is 1. The minimum absolute atomic E-state index is 0.0842. The van der Waals surface area contributed by atoms with Crippen LogP contribution in [0.2, 0.25) is 0 Å². The van der Waals surface area contributed by atoms with Gasteiger partial charge in [-0.3, -0.25) is 9.59 Å². The largest absolute Gasteiger partial charge is 0.497 e. The Hall–Kier alpha value is -3.81. The molecule has 8 heteroatoms. The van der Waals surface area contributed by atoms with Gasteiger partial charge >= 0.3 is 0 Å². The van der Waals surface area contributed by atoms with Crippen molar-refractivity contribution in [1.29, 1.82) is 0 Å². The monoisotopic (exact) mass is 378 g/mol. The summed E-state index contributed by atoms with van der Waals surface area (Å²) < 4.78 is 13.2. The molecule has 28 heavy (non-hydrogen) atoms. The highest BCUT2D eigenvalue weighted by Gasteiger charge is 2.11. The van der Waals surface area contributed by atoms with E-state index in [4.69, 9.17) is 9.15 Å². The number of carbonyl (C=O) groups excluding carboxylic acids is 1. The van der Waals surface area contributed by atoms with Gasteiger partial charge in [-0.1, -0.05) is 0 Å². The van der Waals surface area contributed by atoms with Crippen molar-refractivity contribution in [2.45, 2.75) is 13.1 Å². The van der Waals surface area contributed by atoms with Gasteiger partial charge in [-0.05, 0) is 42.5 Å². The average Bonchev–Trinajstić information content (AvgIpc) is 3.39. The number of nitrogens with one attached hydrogen (secondary N) is 1. The van der Waals surface area contributed by atoms with Crippen LogP contribution in [0.15, 0.2) is 70.3 Å². The van der Waals surface area contributed by atoms with E-state index in [0.717, 1.165) is 11.3 Å². The maximum atomic E-state index is 12.7. The van der Waals surface area contributed by atoms with Crippen LogP contribution in [0.25, 0.3) is 16.8 Å². The lowest BCUT2D eigenvalue weighted by Gasteiger charge is -2.06. The van der Waals surface area contributed by atoms with Gasteiger partial charge in [0.2, 0.25) is 5.91 Å². The zero-order valence-electron chi connectivity index (χ0n) is 15.2. The first-order valence-electron chi connectivity index (χ1n) is 8.66. The molecule has 0 saturated heterocycles. The molecule has 0 aliphatic heterocycles. The van der Waals surface area contributed by atoms with E-state index >= 15 is 0 Å². The fourth-order valence-electron chi connectivity index (χ4n) is 2.86. The molecule has 0 aliphatic rings. The molecular formula is C20H18N4O4. The molecular weight excluding hydrogens is 360 g/mol. The molecule has 0 spiro atoms. The molecule has 1 amide bonds. The van der Waals surface area contributed by atoms with Gasteiger partial charge in [-0.2, -0.15) is 5.10 Å². The summed E-state index contributed by atoms with van der Waals surface area (Å²) in [4.78, 5) is 24.9. The predicted molar refractivity (Wildman–Crippen MR) is 102 cm³/mol. The number of rotatable bonds is 6. The molecule has 4 aromatic rings. The van der Waals surface area contributed by atoms with E-state index in [0.29, 0.717) is 17.0 Å². The number of amides is 1. The van der Waals surface area contributed by atoms with E-state index < -0.39 is 0 Å². The minimum atomic E-state index is -0.289. The molecule has 0 atom stereocenters. The summed E-state index contributed by atoms with van der Waals surface area (Å²) in [7, 11) is 1.60. The van der Waals surface area contributed by atoms with Crippen LogP contribution in [0.5, 0.6) is 5.75 Å². The first-order chi connectivity index (χ1) is 13.6. The molecule has 1 N–H and O–H groups in total. The van der Waals surface area contributed by atoms with Crippen molar-refractivity contribution in [3.8, 4) is 17.0 Å². The lowest BCUT2D eigenvalue weighted by Crippen LogP contribution is -2.32. The molecule has 0 aliphatic carbocycles. The van der Waals surface area contributed by atoms with Gasteiger partial charge in [-0.25, -0.2) is 4.52 Å². The molecule has 3 aromatic heterocycles. The lowest BCUT2D eigenvalue weighted by atomic mass is 10.1. The maximum Gasteiger partial charge on any atom is 0.277 e. The van der Waals surface area contributed by atoms with Crippen LogP contribution in [0.1, 0.15) is 5.76 Å². The smallest absolute Gasteiger partial charge is 0.277 e. The van der Waals surface area contributed by atoms with Gasteiger partial charge < -0.3 is 19.0 Å². The Morgan fingerprint density at radius 1 is 1.21 bits per heavy atom. The molecule has 0 unspecified atom stereocenters. The van der Waals surface area contributed by atoms with Gasteiger partial charge in [0.1, 0.15) is 23.6 Å². The maximum absolute atomic E-state index is 12.7. The summed E-state index contributed by atoms with van der Waals surface area (Å²) >= 11 is 0. The standard InChI is InChI=1S/C20H18N4O4/c1-27-15-6-4-14(5-7-15)17-11-18-20(26)23(8-9-24(18)22-17)13-19(25)21-12-16-3-2-10-28-16/h2-11H,12-13H2,1H3,(H,21,25). The molecule has 8 nitrogen and oxygen atoms in total. The van der Waals surface area contributed by atoms with Crippen molar-refractivity contribution in [3.05, 3.63) is 77.2 Å². The van der Waals surface area contributed by atoms with Crippen LogP contribution in [0.3, 0.4) is 0 Å². The second-order valence-corrected chi connectivity index (χ2v) is 6.18. The second kappa shape index (κ2) is 7.43. The fraction of sp³-hybridized carbons (Fsp3) is 0.150. The van der Waals surface area contributed by atoms with Crippen LogP contribution < -0.4 is 15.6 Å². The van der Waals surface area contributed by atoms with Gasteiger partial charge in [0.05, 0.1) is 25.6 Å².